The SMILES string of the molecule is CCc1cc(N)nc(-c2ccc3c(c2)OCO3)n1. The topological polar surface area (TPSA) is 70.3 Å². The minimum atomic E-state index is 0.261. The van der Waals surface area contributed by atoms with E-state index in [9.17, 15) is 0 Å². The van der Waals surface area contributed by atoms with Crippen molar-refractivity contribution in [1.29, 1.82) is 0 Å². The molecule has 1 aromatic carbocycles. The first-order chi connectivity index (χ1) is 8.76. The number of hydrogen-bond acceptors (Lipinski definition) is 5. The molecule has 0 aliphatic carbocycles. The summed E-state index contributed by atoms with van der Waals surface area (Å²) in [5.41, 5.74) is 7.58. The van der Waals surface area contributed by atoms with Gasteiger partial charge in [0.25, 0.3) is 0 Å². The van der Waals surface area contributed by atoms with Gasteiger partial charge in [0.05, 0.1) is 0 Å². The van der Waals surface area contributed by atoms with E-state index in [2.05, 4.69) is 9.97 Å². The van der Waals surface area contributed by atoms with Gasteiger partial charge < -0.3 is 15.2 Å². The Labute approximate surface area is 105 Å². The van der Waals surface area contributed by atoms with Gasteiger partial charge in [-0.25, -0.2) is 9.97 Å². The maximum atomic E-state index is 5.78. The summed E-state index contributed by atoms with van der Waals surface area (Å²) in [7, 11) is 0. The lowest BCUT2D eigenvalue weighted by molar-refractivity contribution is 0.174. The molecule has 0 saturated heterocycles. The lowest BCUT2D eigenvalue weighted by Crippen LogP contribution is -1.99. The van der Waals surface area contributed by atoms with Crippen LogP contribution in [-0.2, 0) is 6.42 Å². The molecule has 0 radical (unpaired) electrons. The molecule has 92 valence electrons. The number of hydrogen-bond donors (Lipinski definition) is 1. The van der Waals surface area contributed by atoms with Crippen molar-refractivity contribution in [2.75, 3.05) is 12.5 Å². The monoisotopic (exact) mass is 243 g/mol. The molecular formula is C13H13N3O2. The second-order valence-corrected chi connectivity index (χ2v) is 4.03. The van der Waals surface area contributed by atoms with Crippen LogP contribution in [0.4, 0.5) is 5.82 Å². The van der Waals surface area contributed by atoms with Crippen LogP contribution >= 0.6 is 0 Å². The number of nitrogens with two attached hydrogens (primary N) is 1. The number of nitrogens with zero attached hydrogens (tertiary/aromatic N) is 2. The summed E-state index contributed by atoms with van der Waals surface area (Å²) in [5.74, 6) is 2.56. The van der Waals surface area contributed by atoms with Gasteiger partial charge in [0, 0.05) is 17.3 Å². The highest BCUT2D eigenvalue weighted by molar-refractivity contribution is 5.62. The van der Waals surface area contributed by atoms with Crippen LogP contribution in [0.1, 0.15) is 12.6 Å². The number of rotatable bonds is 2. The van der Waals surface area contributed by atoms with E-state index in [4.69, 9.17) is 15.2 Å². The van der Waals surface area contributed by atoms with Crippen molar-refractivity contribution >= 4 is 5.82 Å². The number of ether oxygens (including phenoxy) is 2. The normalized spacial score (nSPS) is 12.7. The molecule has 0 atom stereocenters. The van der Waals surface area contributed by atoms with Crippen LogP contribution in [0.3, 0.4) is 0 Å². The molecule has 2 aromatic rings. The minimum absolute atomic E-state index is 0.261. The maximum absolute atomic E-state index is 5.78. The molecule has 5 heteroatoms. The number of benzene rings is 1. The fraction of sp³-hybridized carbons (Fsp3) is 0.231. The van der Waals surface area contributed by atoms with Crippen molar-refractivity contribution in [1.82, 2.24) is 9.97 Å². The highest BCUT2D eigenvalue weighted by Crippen LogP contribution is 2.35. The molecule has 0 fully saturated rings. The summed E-state index contributed by atoms with van der Waals surface area (Å²) in [5, 5.41) is 0. The molecule has 3 rings (SSSR count). The molecular weight excluding hydrogens is 230 g/mol. The second kappa shape index (κ2) is 4.18. The number of aryl methyl sites for hydroxylation is 1. The molecule has 0 spiro atoms. The highest BCUT2D eigenvalue weighted by Gasteiger charge is 2.15. The minimum Gasteiger partial charge on any atom is -0.454 e. The largest absolute Gasteiger partial charge is 0.454 e. The molecule has 2 N–H and O–H groups in total. The van der Waals surface area contributed by atoms with Crippen LogP contribution in [0, 0.1) is 0 Å². The van der Waals surface area contributed by atoms with Crippen LogP contribution in [0.5, 0.6) is 11.5 Å². The third-order valence-corrected chi connectivity index (χ3v) is 2.79. The third kappa shape index (κ3) is 1.84. The highest BCUT2D eigenvalue weighted by atomic mass is 16.7. The summed E-state index contributed by atoms with van der Waals surface area (Å²) in [6.07, 6.45) is 0.824. The van der Waals surface area contributed by atoms with Crippen molar-refractivity contribution in [2.24, 2.45) is 0 Å². The summed E-state index contributed by atoms with van der Waals surface area (Å²) in [6, 6.07) is 7.42. The predicted molar refractivity (Wildman–Crippen MR) is 67.4 cm³/mol. The van der Waals surface area contributed by atoms with Crippen molar-refractivity contribution in [3.63, 3.8) is 0 Å². The van der Waals surface area contributed by atoms with Gasteiger partial charge in [-0.05, 0) is 24.6 Å². The maximum Gasteiger partial charge on any atom is 0.231 e. The number of aromatic nitrogens is 2. The molecule has 1 aromatic heterocycles. The van der Waals surface area contributed by atoms with Gasteiger partial charge in [-0.3, -0.25) is 0 Å². The number of nitrogen functional groups attached to an aromatic ring is 1. The van der Waals surface area contributed by atoms with E-state index in [0.717, 1.165) is 29.2 Å². The zero-order chi connectivity index (χ0) is 12.5. The number of anilines is 1. The van der Waals surface area contributed by atoms with E-state index in [1.54, 1.807) is 6.07 Å². The Bertz CT molecular complexity index is 599. The molecule has 0 bridgehead atoms. The van der Waals surface area contributed by atoms with Gasteiger partial charge in [-0.15, -0.1) is 0 Å². The molecule has 1 aliphatic heterocycles. The summed E-state index contributed by atoms with van der Waals surface area (Å²) in [4.78, 5) is 8.71. The van der Waals surface area contributed by atoms with Crippen LogP contribution in [0.2, 0.25) is 0 Å². The van der Waals surface area contributed by atoms with Crippen LogP contribution in [-0.4, -0.2) is 16.8 Å². The van der Waals surface area contributed by atoms with Gasteiger partial charge >= 0.3 is 0 Å². The Hall–Kier alpha value is -2.30. The quantitative estimate of drug-likeness (QED) is 0.873. The summed E-state index contributed by atoms with van der Waals surface area (Å²) >= 11 is 0. The summed E-state index contributed by atoms with van der Waals surface area (Å²) < 4.78 is 10.6. The zero-order valence-corrected chi connectivity index (χ0v) is 10.0. The van der Waals surface area contributed by atoms with E-state index < -0.39 is 0 Å². The smallest absolute Gasteiger partial charge is 0.231 e. The average Bonchev–Trinajstić information content (AvgIpc) is 2.85. The van der Waals surface area contributed by atoms with Crippen LogP contribution in [0.15, 0.2) is 24.3 Å². The number of fused-ring (bicyclic) bond motifs is 1. The van der Waals surface area contributed by atoms with Gasteiger partial charge in [-0.2, -0.15) is 0 Å². The Morgan fingerprint density at radius 2 is 2.00 bits per heavy atom. The van der Waals surface area contributed by atoms with E-state index in [1.807, 2.05) is 25.1 Å². The summed E-state index contributed by atoms with van der Waals surface area (Å²) in [6.45, 7) is 2.29. The Kier molecular flexibility index (Phi) is 2.51. The third-order valence-electron chi connectivity index (χ3n) is 2.79. The van der Waals surface area contributed by atoms with E-state index >= 15 is 0 Å². The fourth-order valence-corrected chi connectivity index (χ4v) is 1.86. The Morgan fingerprint density at radius 3 is 2.83 bits per heavy atom. The first kappa shape index (κ1) is 10.8. The lowest BCUT2D eigenvalue weighted by Gasteiger charge is -2.05. The molecule has 0 saturated carbocycles. The molecule has 0 amide bonds. The molecule has 1 aliphatic rings. The Balaban J connectivity index is 2.06. The molecule has 2 heterocycles. The van der Waals surface area contributed by atoms with Crippen molar-refractivity contribution in [2.45, 2.75) is 13.3 Å². The van der Waals surface area contributed by atoms with Crippen LogP contribution in [0.25, 0.3) is 11.4 Å². The molecule has 5 nitrogen and oxygen atoms in total. The molecule has 0 unspecified atom stereocenters. The van der Waals surface area contributed by atoms with Gasteiger partial charge in [0.1, 0.15) is 5.82 Å². The predicted octanol–water partition coefficient (Wildman–Crippen LogP) is 2.02. The first-order valence-electron chi connectivity index (χ1n) is 5.79. The first-order valence-corrected chi connectivity index (χ1v) is 5.79. The standard InChI is InChI=1S/C13H13N3O2/c1-2-9-6-12(14)16-13(15-9)8-3-4-10-11(5-8)18-7-17-10/h3-6H,2,7H2,1H3,(H2,14,15,16). The fourth-order valence-electron chi connectivity index (χ4n) is 1.86. The van der Waals surface area contributed by atoms with E-state index in [1.165, 1.54) is 0 Å². The van der Waals surface area contributed by atoms with Gasteiger partial charge in [0.15, 0.2) is 17.3 Å². The van der Waals surface area contributed by atoms with Crippen LogP contribution < -0.4 is 15.2 Å². The zero-order valence-electron chi connectivity index (χ0n) is 10.0. The van der Waals surface area contributed by atoms with E-state index in [-0.39, 0.29) is 6.79 Å². The van der Waals surface area contributed by atoms with Crippen molar-refractivity contribution < 1.29 is 9.47 Å². The van der Waals surface area contributed by atoms with E-state index in [0.29, 0.717) is 11.6 Å². The Morgan fingerprint density at radius 1 is 1.17 bits per heavy atom. The van der Waals surface area contributed by atoms with Gasteiger partial charge in [0.2, 0.25) is 6.79 Å². The average molecular weight is 243 g/mol. The van der Waals surface area contributed by atoms with Crippen molar-refractivity contribution in [3.05, 3.63) is 30.0 Å². The lowest BCUT2D eigenvalue weighted by atomic mass is 10.2. The van der Waals surface area contributed by atoms with Gasteiger partial charge in [-0.1, -0.05) is 6.92 Å². The van der Waals surface area contributed by atoms with Crippen molar-refractivity contribution in [3.8, 4) is 22.9 Å². The molecule has 18 heavy (non-hydrogen) atoms. The second-order valence-electron chi connectivity index (χ2n) is 4.03.